The Hall–Kier alpha value is 0.630. The molecule has 2 rings (SSSR count). The molecule has 0 saturated carbocycles. The van der Waals surface area contributed by atoms with Crippen molar-refractivity contribution in [3.05, 3.63) is 14.9 Å². The Morgan fingerprint density at radius 2 is 2.05 bits per heavy atom. The van der Waals surface area contributed by atoms with E-state index >= 15 is 0 Å². The fraction of sp³-hybridized carbons (Fsp3) is 0.636. The molecule has 1 saturated heterocycles. The van der Waals surface area contributed by atoms with Crippen molar-refractivity contribution < 1.29 is 8.42 Å². The summed E-state index contributed by atoms with van der Waals surface area (Å²) in [6.45, 7) is 3.42. The quantitative estimate of drug-likeness (QED) is 0.701. The minimum absolute atomic E-state index is 0.292. The first-order chi connectivity index (χ1) is 9.45. The van der Waals surface area contributed by atoms with Gasteiger partial charge < -0.3 is 4.90 Å². The lowest BCUT2D eigenvalue weighted by Crippen LogP contribution is -2.35. The first-order valence-electron chi connectivity index (χ1n) is 6.18. The first-order valence-corrected chi connectivity index (χ1v) is 10.1. The third-order valence-electron chi connectivity index (χ3n) is 3.16. The molecule has 0 aliphatic carbocycles. The van der Waals surface area contributed by atoms with Gasteiger partial charge in [-0.15, -0.1) is 22.9 Å². The van der Waals surface area contributed by atoms with Crippen LogP contribution in [0.2, 0.25) is 5.02 Å². The van der Waals surface area contributed by atoms with Gasteiger partial charge in [-0.1, -0.05) is 11.6 Å². The largest absolute Gasteiger partial charge is 0.301 e. The van der Waals surface area contributed by atoms with E-state index in [-0.39, 0.29) is 0 Å². The van der Waals surface area contributed by atoms with Gasteiger partial charge in [0.2, 0.25) is 0 Å². The zero-order chi connectivity index (χ0) is 14.8. The molecule has 1 aromatic rings. The Bertz CT molecular complexity index is 545. The minimum atomic E-state index is -3.45. The highest BCUT2D eigenvalue weighted by Crippen LogP contribution is 2.36. The van der Waals surface area contributed by atoms with Crippen molar-refractivity contribution >= 4 is 60.5 Å². The molecule has 0 amide bonds. The number of alkyl halides is 1. The second kappa shape index (κ2) is 7.26. The second-order valence-corrected chi connectivity index (χ2v) is 9.80. The number of hydrogen-bond acceptors (Lipinski definition) is 4. The van der Waals surface area contributed by atoms with Crippen molar-refractivity contribution in [3.8, 4) is 0 Å². The van der Waals surface area contributed by atoms with Crippen LogP contribution < -0.4 is 0 Å². The molecule has 0 spiro atoms. The maximum atomic E-state index is 12.6. The number of halogens is 3. The number of nitrogens with zero attached hydrogens (tertiary/aromatic N) is 2. The van der Waals surface area contributed by atoms with Gasteiger partial charge in [-0.3, -0.25) is 0 Å². The van der Waals surface area contributed by atoms with Gasteiger partial charge >= 0.3 is 0 Å². The highest BCUT2D eigenvalue weighted by molar-refractivity contribution is 9.11. The zero-order valence-corrected chi connectivity index (χ0v) is 15.4. The second-order valence-electron chi connectivity index (χ2n) is 4.48. The van der Waals surface area contributed by atoms with Gasteiger partial charge in [-0.2, -0.15) is 4.31 Å². The molecular weight excluding hydrogens is 407 g/mol. The summed E-state index contributed by atoms with van der Waals surface area (Å²) in [7, 11) is -3.45. The van der Waals surface area contributed by atoms with E-state index in [4.69, 9.17) is 23.2 Å². The number of rotatable bonds is 4. The molecule has 114 valence electrons. The molecule has 1 aliphatic heterocycles. The fourth-order valence-corrected chi connectivity index (χ4v) is 6.37. The molecule has 0 bridgehead atoms. The van der Waals surface area contributed by atoms with Crippen molar-refractivity contribution in [1.29, 1.82) is 0 Å². The Kier molecular flexibility index (Phi) is 6.17. The van der Waals surface area contributed by atoms with Crippen LogP contribution in [0.3, 0.4) is 0 Å². The first kappa shape index (κ1) is 17.0. The number of thiophene rings is 1. The third-order valence-corrected chi connectivity index (χ3v) is 8.16. The van der Waals surface area contributed by atoms with E-state index in [1.165, 1.54) is 10.4 Å². The summed E-state index contributed by atoms with van der Waals surface area (Å²) in [5, 5.41) is 0.437. The van der Waals surface area contributed by atoms with E-state index < -0.39 is 10.0 Å². The van der Waals surface area contributed by atoms with E-state index in [0.29, 0.717) is 38.5 Å². The molecule has 9 heteroatoms. The van der Waals surface area contributed by atoms with Crippen LogP contribution in [0.1, 0.15) is 6.42 Å². The van der Waals surface area contributed by atoms with Crippen LogP contribution in [0.15, 0.2) is 14.1 Å². The van der Waals surface area contributed by atoms with E-state index in [0.717, 1.165) is 30.8 Å². The van der Waals surface area contributed by atoms with Crippen molar-refractivity contribution in [1.82, 2.24) is 9.21 Å². The lowest BCUT2D eigenvalue weighted by Gasteiger charge is -2.20. The van der Waals surface area contributed by atoms with Gasteiger partial charge in [0.05, 0.1) is 8.81 Å². The van der Waals surface area contributed by atoms with E-state index in [9.17, 15) is 8.42 Å². The topological polar surface area (TPSA) is 40.6 Å². The van der Waals surface area contributed by atoms with Gasteiger partial charge in [-0.25, -0.2) is 8.42 Å². The molecule has 0 aromatic carbocycles. The smallest absolute Gasteiger partial charge is 0.252 e. The average molecular weight is 422 g/mol. The molecule has 2 heterocycles. The molecule has 4 nitrogen and oxygen atoms in total. The van der Waals surface area contributed by atoms with Crippen molar-refractivity contribution in [2.45, 2.75) is 10.6 Å². The van der Waals surface area contributed by atoms with Crippen molar-refractivity contribution in [2.24, 2.45) is 0 Å². The third kappa shape index (κ3) is 3.88. The highest BCUT2D eigenvalue weighted by Gasteiger charge is 2.28. The van der Waals surface area contributed by atoms with E-state index in [1.54, 1.807) is 0 Å². The number of sulfonamides is 1. The van der Waals surface area contributed by atoms with Crippen LogP contribution in [0.4, 0.5) is 0 Å². The lowest BCUT2D eigenvalue weighted by atomic mass is 10.4. The van der Waals surface area contributed by atoms with Gasteiger partial charge in [0.25, 0.3) is 10.0 Å². The minimum Gasteiger partial charge on any atom is -0.301 e. The summed E-state index contributed by atoms with van der Waals surface area (Å²) in [4.78, 5) is 2.19. The van der Waals surface area contributed by atoms with Crippen LogP contribution >= 0.6 is 50.5 Å². The summed E-state index contributed by atoms with van der Waals surface area (Å²) in [5.41, 5.74) is 0. The Balaban J connectivity index is 2.13. The molecule has 0 radical (unpaired) electrons. The molecular formula is C11H15BrCl2N2O2S2. The van der Waals surface area contributed by atoms with Crippen LogP contribution in [-0.4, -0.2) is 56.2 Å². The van der Waals surface area contributed by atoms with Gasteiger partial charge in [-0.05, 0) is 35.0 Å². The SMILES string of the molecule is O=S(=O)(c1cc(Cl)c(Br)s1)N1CCCN(CCCl)CC1. The van der Waals surface area contributed by atoms with Gasteiger partial charge in [0, 0.05) is 32.1 Å². The Morgan fingerprint density at radius 1 is 1.30 bits per heavy atom. The maximum Gasteiger partial charge on any atom is 0.252 e. The van der Waals surface area contributed by atoms with Crippen molar-refractivity contribution in [2.75, 3.05) is 38.6 Å². The summed E-state index contributed by atoms with van der Waals surface area (Å²) in [6, 6.07) is 1.51. The predicted octanol–water partition coefficient (Wildman–Crippen LogP) is 3.10. The van der Waals surface area contributed by atoms with Gasteiger partial charge in [0.15, 0.2) is 0 Å². The van der Waals surface area contributed by atoms with Gasteiger partial charge in [0.1, 0.15) is 4.21 Å². The monoisotopic (exact) mass is 420 g/mol. The molecule has 0 unspecified atom stereocenters. The molecule has 0 N–H and O–H groups in total. The fourth-order valence-electron chi connectivity index (χ4n) is 2.11. The summed E-state index contributed by atoms with van der Waals surface area (Å²) in [6.07, 6.45) is 0.816. The van der Waals surface area contributed by atoms with Crippen LogP contribution in [-0.2, 0) is 10.0 Å². The van der Waals surface area contributed by atoms with E-state index in [2.05, 4.69) is 20.8 Å². The maximum absolute atomic E-state index is 12.6. The average Bonchev–Trinajstić information content (AvgIpc) is 2.63. The van der Waals surface area contributed by atoms with Crippen molar-refractivity contribution in [3.63, 3.8) is 0 Å². The van der Waals surface area contributed by atoms with Crippen LogP contribution in [0.5, 0.6) is 0 Å². The lowest BCUT2D eigenvalue weighted by molar-refractivity contribution is 0.303. The summed E-state index contributed by atoms with van der Waals surface area (Å²) < 4.78 is 27.6. The number of hydrogen-bond donors (Lipinski definition) is 0. The summed E-state index contributed by atoms with van der Waals surface area (Å²) in [5.74, 6) is 0.570. The predicted molar refractivity (Wildman–Crippen MR) is 87.6 cm³/mol. The molecule has 0 atom stereocenters. The van der Waals surface area contributed by atoms with Crippen LogP contribution in [0, 0.1) is 0 Å². The molecule has 1 aromatic heterocycles. The van der Waals surface area contributed by atoms with Crippen LogP contribution in [0.25, 0.3) is 0 Å². The Morgan fingerprint density at radius 3 is 2.65 bits per heavy atom. The summed E-state index contributed by atoms with van der Waals surface area (Å²) >= 11 is 16.1. The highest BCUT2D eigenvalue weighted by atomic mass is 79.9. The standard InChI is InChI=1S/C11H15BrCl2N2O2S2/c12-11-9(14)8-10(19-11)20(17,18)16-4-1-3-15(5-2-13)6-7-16/h8H,1-7H2. The normalized spacial score (nSPS) is 19.1. The molecule has 1 aliphatic rings. The molecule has 20 heavy (non-hydrogen) atoms. The molecule has 1 fully saturated rings. The Labute approximate surface area is 141 Å². The zero-order valence-electron chi connectivity index (χ0n) is 10.7. The van der Waals surface area contributed by atoms with E-state index in [1.807, 2.05) is 0 Å².